The summed E-state index contributed by atoms with van der Waals surface area (Å²) in [5.74, 6) is -0.728. The van der Waals surface area contributed by atoms with Gasteiger partial charge in [-0.3, -0.25) is 9.69 Å². The third kappa shape index (κ3) is 3.38. The van der Waals surface area contributed by atoms with E-state index in [1.165, 1.54) is 10.2 Å². The normalized spacial score (nSPS) is 16.6. The Morgan fingerprint density at radius 1 is 1.06 bits per heavy atom. The van der Waals surface area contributed by atoms with Crippen LogP contribution in [0, 0.1) is 0 Å². The zero-order chi connectivity index (χ0) is 23.3. The molecule has 8 nitrogen and oxygen atoms in total. The second-order valence-corrected chi connectivity index (χ2v) is 8.77. The quantitative estimate of drug-likeness (QED) is 0.625. The average molecular weight is 447 g/mol. The van der Waals surface area contributed by atoms with E-state index in [0.717, 1.165) is 18.5 Å². The Balaban J connectivity index is 1.52. The Morgan fingerprint density at radius 2 is 1.70 bits per heavy atom. The molecule has 33 heavy (non-hydrogen) atoms. The van der Waals surface area contributed by atoms with Crippen LogP contribution in [-0.2, 0) is 12.0 Å². The first-order valence-corrected chi connectivity index (χ1v) is 10.9. The van der Waals surface area contributed by atoms with Crippen molar-refractivity contribution in [3.05, 3.63) is 71.0 Å². The molecule has 0 radical (unpaired) electrons. The van der Waals surface area contributed by atoms with Gasteiger partial charge in [0.1, 0.15) is 11.4 Å². The molecule has 0 atom stereocenters. The minimum Gasteiger partial charge on any atom is -0.497 e. The van der Waals surface area contributed by atoms with Crippen molar-refractivity contribution in [1.29, 1.82) is 0 Å². The number of benzene rings is 2. The van der Waals surface area contributed by atoms with Gasteiger partial charge in [0, 0.05) is 23.3 Å². The minimum atomic E-state index is -1.14. The fourth-order valence-electron chi connectivity index (χ4n) is 4.75. The fraction of sp³-hybridized carbons (Fsp3) is 0.320. The molecule has 2 heterocycles. The van der Waals surface area contributed by atoms with Gasteiger partial charge < -0.3 is 14.7 Å². The molecule has 1 aliphatic carbocycles. The molecule has 1 saturated carbocycles. The maximum absolute atomic E-state index is 13.6. The largest absolute Gasteiger partial charge is 0.497 e. The van der Waals surface area contributed by atoms with Crippen molar-refractivity contribution in [2.45, 2.75) is 24.8 Å². The fourth-order valence-corrected chi connectivity index (χ4v) is 4.75. The Labute approximate surface area is 192 Å². The van der Waals surface area contributed by atoms with Crippen LogP contribution in [0.3, 0.4) is 0 Å². The summed E-state index contributed by atoms with van der Waals surface area (Å²) in [6.07, 6.45) is 2.68. The average Bonchev–Trinajstić information content (AvgIpc) is 3.54. The third-order valence-electron chi connectivity index (χ3n) is 6.83. The van der Waals surface area contributed by atoms with E-state index in [9.17, 15) is 14.7 Å². The van der Waals surface area contributed by atoms with Gasteiger partial charge in [0.05, 0.1) is 12.8 Å². The van der Waals surface area contributed by atoms with E-state index in [0.29, 0.717) is 35.7 Å². The van der Waals surface area contributed by atoms with Crippen LogP contribution in [0.25, 0.3) is 5.69 Å². The summed E-state index contributed by atoms with van der Waals surface area (Å²) in [4.78, 5) is 29.4. The van der Waals surface area contributed by atoms with Crippen molar-refractivity contribution < 1.29 is 19.4 Å². The summed E-state index contributed by atoms with van der Waals surface area (Å²) >= 11 is 0. The summed E-state index contributed by atoms with van der Waals surface area (Å²) < 4.78 is 6.64. The number of carboxylic acids is 1. The van der Waals surface area contributed by atoms with E-state index < -0.39 is 5.97 Å². The van der Waals surface area contributed by atoms with Crippen molar-refractivity contribution >= 4 is 17.6 Å². The highest BCUT2D eigenvalue weighted by Crippen LogP contribution is 2.49. The first-order valence-electron chi connectivity index (χ1n) is 10.9. The molecule has 3 aromatic rings. The molecule has 1 fully saturated rings. The molecule has 1 aliphatic heterocycles. The molecule has 0 spiro atoms. The highest BCUT2D eigenvalue weighted by Gasteiger charge is 2.46. The summed E-state index contributed by atoms with van der Waals surface area (Å²) in [5, 5.41) is 14.0. The molecular formula is C25H26N4O4. The number of anilines is 1. The predicted octanol–water partition coefficient (Wildman–Crippen LogP) is 3.33. The topological polar surface area (TPSA) is 87.9 Å². The zero-order valence-corrected chi connectivity index (χ0v) is 18.9. The van der Waals surface area contributed by atoms with Crippen LogP contribution in [-0.4, -0.2) is 59.4 Å². The van der Waals surface area contributed by atoms with Crippen LogP contribution in [0.2, 0.25) is 0 Å². The number of rotatable bonds is 6. The zero-order valence-electron chi connectivity index (χ0n) is 18.9. The van der Waals surface area contributed by atoms with Gasteiger partial charge in [-0.1, -0.05) is 12.1 Å². The number of carbonyl (C=O) groups is 2. The Kier molecular flexibility index (Phi) is 4.97. The smallest absolute Gasteiger partial charge is 0.356 e. The van der Waals surface area contributed by atoms with Crippen LogP contribution in [0.1, 0.15) is 44.9 Å². The van der Waals surface area contributed by atoms with Gasteiger partial charge >= 0.3 is 5.97 Å². The second-order valence-electron chi connectivity index (χ2n) is 8.77. The number of amides is 1. The van der Waals surface area contributed by atoms with Crippen molar-refractivity contribution in [2.24, 2.45) is 0 Å². The van der Waals surface area contributed by atoms with Gasteiger partial charge in [0.15, 0.2) is 5.69 Å². The summed E-state index contributed by atoms with van der Waals surface area (Å²) in [6.45, 7) is 0.401. The van der Waals surface area contributed by atoms with E-state index in [2.05, 4.69) is 36.2 Å². The molecule has 5 rings (SSSR count). The van der Waals surface area contributed by atoms with Crippen LogP contribution >= 0.6 is 0 Å². The number of carbonyl (C=O) groups excluding carboxylic acids is 1. The number of nitrogens with zero attached hydrogens (tertiary/aromatic N) is 4. The molecule has 1 aromatic heterocycles. The van der Waals surface area contributed by atoms with Gasteiger partial charge in [-0.05, 0) is 75.3 Å². The molecule has 0 unspecified atom stereocenters. The first kappa shape index (κ1) is 21.2. The van der Waals surface area contributed by atoms with Crippen LogP contribution in [0.5, 0.6) is 5.75 Å². The molecule has 170 valence electrons. The molecule has 0 saturated heterocycles. The van der Waals surface area contributed by atoms with E-state index in [4.69, 9.17) is 4.74 Å². The highest BCUT2D eigenvalue weighted by atomic mass is 16.5. The van der Waals surface area contributed by atoms with Crippen molar-refractivity contribution in [1.82, 2.24) is 14.7 Å². The number of hydrogen-bond donors (Lipinski definition) is 1. The number of methoxy groups -OCH3 is 1. The van der Waals surface area contributed by atoms with Gasteiger partial charge in [0.25, 0.3) is 5.91 Å². The number of ether oxygens (including phenoxy) is 1. The highest BCUT2D eigenvalue weighted by molar-refractivity contribution is 6.09. The van der Waals surface area contributed by atoms with Crippen LogP contribution < -0.4 is 9.64 Å². The van der Waals surface area contributed by atoms with Gasteiger partial charge in [-0.25, -0.2) is 9.48 Å². The number of fused-ring (bicyclic) bond motifs is 1. The SMILES string of the molecule is COc1ccc(-n2nc(C(=O)O)c3c2C(=O)N(c2ccc(C4(N(C)C)CC4)cc2)CC3)cc1. The van der Waals surface area contributed by atoms with Gasteiger partial charge in [0.2, 0.25) is 0 Å². The summed E-state index contributed by atoms with van der Waals surface area (Å²) in [5.41, 5.74) is 3.43. The van der Waals surface area contributed by atoms with Gasteiger partial charge in [-0.15, -0.1) is 0 Å². The van der Waals surface area contributed by atoms with Gasteiger partial charge in [-0.2, -0.15) is 5.10 Å². The summed E-state index contributed by atoms with van der Waals surface area (Å²) in [6, 6.07) is 15.2. The third-order valence-corrected chi connectivity index (χ3v) is 6.83. The van der Waals surface area contributed by atoms with E-state index in [-0.39, 0.29) is 17.1 Å². The first-order chi connectivity index (χ1) is 15.9. The number of aromatic carboxylic acids is 1. The molecule has 2 aliphatic rings. The molecule has 8 heteroatoms. The summed E-state index contributed by atoms with van der Waals surface area (Å²) in [7, 11) is 5.76. The Bertz CT molecular complexity index is 1220. The number of aromatic nitrogens is 2. The van der Waals surface area contributed by atoms with Crippen molar-refractivity contribution in [2.75, 3.05) is 32.6 Å². The van der Waals surface area contributed by atoms with Crippen LogP contribution in [0.4, 0.5) is 5.69 Å². The minimum absolute atomic E-state index is 0.0779. The lowest BCUT2D eigenvalue weighted by Gasteiger charge is -2.29. The second kappa shape index (κ2) is 7.74. The van der Waals surface area contributed by atoms with Crippen LogP contribution in [0.15, 0.2) is 48.5 Å². The molecule has 0 bridgehead atoms. The van der Waals surface area contributed by atoms with Crippen molar-refractivity contribution in [3.63, 3.8) is 0 Å². The molecule has 1 amide bonds. The Hall–Kier alpha value is -3.65. The van der Waals surface area contributed by atoms with E-state index in [1.54, 1.807) is 36.3 Å². The van der Waals surface area contributed by atoms with Crippen molar-refractivity contribution in [3.8, 4) is 11.4 Å². The number of carboxylic acid groups (broad SMARTS) is 1. The lowest BCUT2D eigenvalue weighted by Crippen LogP contribution is -2.39. The van der Waals surface area contributed by atoms with E-state index >= 15 is 0 Å². The number of hydrogen-bond acceptors (Lipinski definition) is 5. The van der Waals surface area contributed by atoms with E-state index in [1.807, 2.05) is 12.1 Å². The molecule has 2 aromatic carbocycles. The lowest BCUT2D eigenvalue weighted by molar-refractivity contribution is 0.0688. The Morgan fingerprint density at radius 3 is 2.24 bits per heavy atom. The predicted molar refractivity (Wildman–Crippen MR) is 123 cm³/mol. The molecular weight excluding hydrogens is 420 g/mol. The maximum Gasteiger partial charge on any atom is 0.356 e. The monoisotopic (exact) mass is 446 g/mol. The maximum atomic E-state index is 13.6. The molecule has 1 N–H and O–H groups in total. The lowest BCUT2D eigenvalue weighted by atomic mass is 10.0. The standard InChI is InChI=1S/C25H26N4O4/c1-27(2)25(13-14-25)16-4-6-17(7-5-16)28-15-12-20-21(24(31)32)26-29(22(20)23(28)30)18-8-10-19(33-3)11-9-18/h4-11H,12-15H2,1-3H3,(H,31,32).